The van der Waals surface area contributed by atoms with Gasteiger partial charge in [0.2, 0.25) is 0 Å². The molecule has 4 heteroatoms. The van der Waals surface area contributed by atoms with Crippen molar-refractivity contribution in [3.8, 4) is 0 Å². The second-order valence-electron chi connectivity index (χ2n) is 4.42. The molecule has 0 aromatic heterocycles. The second kappa shape index (κ2) is 6.29. The summed E-state index contributed by atoms with van der Waals surface area (Å²) in [4.78, 5) is 0. The Hall–Kier alpha value is -1.22. The average molecular weight is 295 g/mol. The van der Waals surface area contributed by atoms with Gasteiger partial charge in [-0.3, -0.25) is 0 Å². The minimum absolute atomic E-state index is 0.0101. The van der Waals surface area contributed by atoms with E-state index in [0.29, 0.717) is 16.6 Å². The fourth-order valence-corrected chi connectivity index (χ4v) is 2.24. The van der Waals surface area contributed by atoms with Crippen molar-refractivity contribution in [1.29, 1.82) is 0 Å². The van der Waals surface area contributed by atoms with Gasteiger partial charge in [0.1, 0.15) is 0 Å². The maximum absolute atomic E-state index is 6.05. The van der Waals surface area contributed by atoms with Gasteiger partial charge in [0, 0.05) is 12.2 Å². The van der Waals surface area contributed by atoms with E-state index in [0.717, 1.165) is 11.3 Å². The van der Waals surface area contributed by atoms with Crippen LogP contribution < -0.4 is 11.1 Å². The van der Waals surface area contributed by atoms with E-state index < -0.39 is 0 Å². The first-order valence-corrected chi connectivity index (χ1v) is 6.84. The number of halogens is 2. The molecule has 0 aliphatic carbocycles. The lowest BCUT2D eigenvalue weighted by atomic mass is 10.1. The van der Waals surface area contributed by atoms with Crippen LogP contribution in [0.15, 0.2) is 42.5 Å². The second-order valence-corrected chi connectivity index (χ2v) is 5.24. The molecule has 0 spiro atoms. The van der Waals surface area contributed by atoms with E-state index in [1.807, 2.05) is 30.3 Å². The molecule has 0 heterocycles. The van der Waals surface area contributed by atoms with Crippen molar-refractivity contribution in [1.82, 2.24) is 0 Å². The molecule has 2 aromatic rings. The van der Waals surface area contributed by atoms with Gasteiger partial charge in [-0.1, -0.05) is 47.5 Å². The molecule has 100 valence electrons. The Morgan fingerprint density at radius 2 is 1.84 bits per heavy atom. The molecule has 0 amide bonds. The third kappa shape index (κ3) is 3.41. The molecule has 0 aliphatic heterocycles. The first-order chi connectivity index (χ1) is 9.11. The highest BCUT2D eigenvalue weighted by Gasteiger charge is 2.12. The van der Waals surface area contributed by atoms with E-state index in [4.69, 9.17) is 28.9 Å². The summed E-state index contributed by atoms with van der Waals surface area (Å²) in [6.07, 6.45) is 0. The Morgan fingerprint density at radius 1 is 1.11 bits per heavy atom. The van der Waals surface area contributed by atoms with Crippen LogP contribution in [0.1, 0.15) is 17.2 Å². The van der Waals surface area contributed by atoms with Crippen molar-refractivity contribution < 1.29 is 0 Å². The smallest absolute Gasteiger partial charge is 0.0636 e. The lowest BCUT2D eigenvalue weighted by molar-refractivity contribution is 0.789. The largest absolute Gasteiger partial charge is 0.377 e. The fourth-order valence-electron chi connectivity index (χ4n) is 1.93. The van der Waals surface area contributed by atoms with Crippen molar-refractivity contribution in [2.75, 3.05) is 11.9 Å². The minimum Gasteiger partial charge on any atom is -0.377 e. The lowest BCUT2D eigenvalue weighted by Crippen LogP contribution is -2.21. The number of rotatable bonds is 4. The number of nitrogens with two attached hydrogens (primary N) is 1. The summed E-state index contributed by atoms with van der Waals surface area (Å²) in [5.41, 5.74) is 9.13. The number of benzene rings is 2. The van der Waals surface area contributed by atoms with Gasteiger partial charge in [0.25, 0.3) is 0 Å². The quantitative estimate of drug-likeness (QED) is 0.876. The highest BCUT2D eigenvalue weighted by Crippen LogP contribution is 2.27. The van der Waals surface area contributed by atoms with Crippen LogP contribution in [0.4, 0.5) is 5.69 Å². The third-order valence-corrected chi connectivity index (χ3v) is 3.80. The van der Waals surface area contributed by atoms with Crippen LogP contribution in [0.3, 0.4) is 0 Å². The van der Waals surface area contributed by atoms with Gasteiger partial charge in [-0.05, 0) is 36.2 Å². The van der Waals surface area contributed by atoms with Gasteiger partial charge in [0.05, 0.1) is 16.1 Å². The van der Waals surface area contributed by atoms with E-state index in [-0.39, 0.29) is 6.04 Å². The third-order valence-electron chi connectivity index (χ3n) is 3.06. The van der Waals surface area contributed by atoms with Crippen LogP contribution in [0.2, 0.25) is 10.0 Å². The molecule has 0 saturated carbocycles. The van der Waals surface area contributed by atoms with Crippen molar-refractivity contribution in [3.63, 3.8) is 0 Å². The molecule has 2 nitrogen and oxygen atoms in total. The predicted octanol–water partition coefficient (Wildman–Crippen LogP) is 4.41. The number of hydrogen-bond donors (Lipinski definition) is 2. The zero-order chi connectivity index (χ0) is 13.8. The Labute approximate surface area is 123 Å². The van der Waals surface area contributed by atoms with E-state index in [1.165, 1.54) is 5.56 Å². The highest BCUT2D eigenvalue weighted by molar-refractivity contribution is 6.42. The molecule has 19 heavy (non-hydrogen) atoms. The first-order valence-electron chi connectivity index (χ1n) is 6.09. The molecule has 1 unspecified atom stereocenters. The summed E-state index contributed by atoms with van der Waals surface area (Å²) in [5.74, 6) is 0. The molecular formula is C15H16Cl2N2. The molecule has 2 rings (SSSR count). The molecule has 0 radical (unpaired) electrons. The summed E-state index contributed by atoms with van der Waals surface area (Å²) in [6, 6.07) is 13.7. The number of aryl methyl sites for hydroxylation is 1. The Balaban J connectivity index is 2.25. The highest BCUT2D eigenvalue weighted by atomic mass is 35.5. The van der Waals surface area contributed by atoms with E-state index in [1.54, 1.807) is 6.07 Å². The maximum Gasteiger partial charge on any atom is 0.0636 e. The number of hydrogen-bond acceptors (Lipinski definition) is 2. The van der Waals surface area contributed by atoms with Gasteiger partial charge in [0.15, 0.2) is 0 Å². The monoisotopic (exact) mass is 294 g/mol. The number of nitrogens with one attached hydrogen (secondary N) is 1. The SMILES string of the molecule is Cc1ccccc1NC(CN)c1ccc(Cl)c(Cl)c1. The Kier molecular flexibility index (Phi) is 4.70. The zero-order valence-corrected chi connectivity index (χ0v) is 12.2. The summed E-state index contributed by atoms with van der Waals surface area (Å²) in [6.45, 7) is 2.54. The van der Waals surface area contributed by atoms with E-state index >= 15 is 0 Å². The molecule has 3 N–H and O–H groups in total. The van der Waals surface area contributed by atoms with Crippen molar-refractivity contribution in [2.24, 2.45) is 5.73 Å². The zero-order valence-electron chi connectivity index (χ0n) is 10.7. The number of para-hydroxylation sites is 1. The average Bonchev–Trinajstić information content (AvgIpc) is 2.41. The van der Waals surface area contributed by atoms with Gasteiger partial charge in [-0.15, -0.1) is 0 Å². The normalized spacial score (nSPS) is 12.2. The molecule has 0 aliphatic rings. The molecule has 0 saturated heterocycles. The van der Waals surface area contributed by atoms with Crippen LogP contribution in [-0.2, 0) is 0 Å². The van der Waals surface area contributed by atoms with Crippen molar-refractivity contribution in [3.05, 3.63) is 63.6 Å². The molecule has 2 aromatic carbocycles. The van der Waals surface area contributed by atoms with Gasteiger partial charge in [-0.2, -0.15) is 0 Å². The van der Waals surface area contributed by atoms with Gasteiger partial charge < -0.3 is 11.1 Å². The fraction of sp³-hybridized carbons (Fsp3) is 0.200. The summed E-state index contributed by atoms with van der Waals surface area (Å²) in [7, 11) is 0. The lowest BCUT2D eigenvalue weighted by Gasteiger charge is -2.20. The van der Waals surface area contributed by atoms with E-state index in [2.05, 4.69) is 18.3 Å². The topological polar surface area (TPSA) is 38.0 Å². The summed E-state index contributed by atoms with van der Waals surface area (Å²) >= 11 is 12.0. The Morgan fingerprint density at radius 3 is 2.47 bits per heavy atom. The number of anilines is 1. The van der Waals surface area contributed by atoms with Crippen LogP contribution >= 0.6 is 23.2 Å². The van der Waals surface area contributed by atoms with Crippen LogP contribution in [0.5, 0.6) is 0 Å². The minimum atomic E-state index is 0.0101. The van der Waals surface area contributed by atoms with E-state index in [9.17, 15) is 0 Å². The summed E-state index contributed by atoms with van der Waals surface area (Å²) in [5, 5.41) is 4.53. The molecule has 0 fully saturated rings. The molecule has 0 bridgehead atoms. The van der Waals surface area contributed by atoms with Crippen LogP contribution in [0, 0.1) is 6.92 Å². The maximum atomic E-state index is 6.05. The van der Waals surface area contributed by atoms with Crippen molar-refractivity contribution >= 4 is 28.9 Å². The Bertz CT molecular complexity index is 570. The summed E-state index contributed by atoms with van der Waals surface area (Å²) < 4.78 is 0. The predicted molar refractivity (Wildman–Crippen MR) is 83.1 cm³/mol. The first kappa shape index (κ1) is 14.2. The standard InChI is InChI=1S/C15H16Cl2N2/c1-10-4-2-3-5-14(10)19-15(9-18)11-6-7-12(16)13(17)8-11/h2-8,15,19H,9,18H2,1H3. The van der Waals surface area contributed by atoms with Crippen LogP contribution in [-0.4, -0.2) is 6.54 Å². The van der Waals surface area contributed by atoms with Crippen molar-refractivity contribution in [2.45, 2.75) is 13.0 Å². The van der Waals surface area contributed by atoms with Gasteiger partial charge in [-0.25, -0.2) is 0 Å². The molecule has 1 atom stereocenters. The van der Waals surface area contributed by atoms with Gasteiger partial charge >= 0.3 is 0 Å². The molecular weight excluding hydrogens is 279 g/mol. The van der Waals surface area contributed by atoms with Crippen LogP contribution in [0.25, 0.3) is 0 Å².